The average Bonchev–Trinajstić information content (AvgIpc) is 3.25. The summed E-state index contributed by atoms with van der Waals surface area (Å²) in [6, 6.07) is 1.41. The molecule has 3 heterocycles. The molecule has 0 saturated carbocycles. The molecule has 122 valence electrons. The monoisotopic (exact) mass is 314 g/mol. The smallest absolute Gasteiger partial charge is 0.192 e. The number of fused-ring (bicyclic) bond motifs is 1. The molecule has 3 aliphatic rings. The molecule has 0 radical (unpaired) electrons. The van der Waals surface area contributed by atoms with Gasteiger partial charge in [0.1, 0.15) is 6.23 Å². The molecule has 2 N–H and O–H groups in total. The second-order valence-electron chi connectivity index (χ2n) is 8.20. The summed E-state index contributed by atoms with van der Waals surface area (Å²) in [5.74, 6) is 0. The summed E-state index contributed by atoms with van der Waals surface area (Å²) in [4.78, 5) is 2.31. The fourth-order valence-corrected chi connectivity index (χ4v) is 4.20. The normalized spacial score (nSPS) is 45.6. The van der Waals surface area contributed by atoms with Crippen molar-refractivity contribution in [3.63, 3.8) is 0 Å². The fraction of sp³-hybridized carbons (Fsp3) is 1.00. The fourth-order valence-electron chi connectivity index (χ4n) is 3.17. The van der Waals surface area contributed by atoms with Gasteiger partial charge in [0, 0.05) is 12.1 Å². The Morgan fingerprint density at radius 2 is 2.00 bits per heavy atom. The van der Waals surface area contributed by atoms with Crippen LogP contribution in [0.25, 0.3) is 0 Å². The van der Waals surface area contributed by atoms with Crippen molar-refractivity contribution in [3.8, 4) is 0 Å². The highest BCUT2D eigenvalue weighted by atomic mass is 28.4. The van der Waals surface area contributed by atoms with Crippen LogP contribution in [0.4, 0.5) is 0 Å². The minimum atomic E-state index is -1.68. The zero-order chi connectivity index (χ0) is 15.6. The van der Waals surface area contributed by atoms with Crippen LogP contribution in [0.2, 0.25) is 18.1 Å². The second-order valence-corrected chi connectivity index (χ2v) is 13.0. The number of aliphatic hydroxyl groups is 1. The summed E-state index contributed by atoms with van der Waals surface area (Å²) < 4.78 is 12.0. The van der Waals surface area contributed by atoms with Gasteiger partial charge in [0.15, 0.2) is 14.6 Å². The number of rotatable bonds is 5. The van der Waals surface area contributed by atoms with E-state index in [-0.39, 0.29) is 17.3 Å². The minimum Gasteiger partial charge on any atom is -0.415 e. The number of nitrogens with one attached hydrogen (secondary N) is 1. The van der Waals surface area contributed by atoms with Crippen LogP contribution in [-0.2, 0) is 9.16 Å². The van der Waals surface area contributed by atoms with Gasteiger partial charge < -0.3 is 19.6 Å². The summed E-state index contributed by atoms with van der Waals surface area (Å²) in [7, 11) is -1.68. The third kappa shape index (κ3) is 2.70. The van der Waals surface area contributed by atoms with Crippen LogP contribution in [0.3, 0.4) is 0 Å². The highest BCUT2D eigenvalue weighted by Crippen LogP contribution is 2.46. The number of ether oxygens (including phenoxy) is 1. The maximum absolute atomic E-state index is 9.92. The minimum absolute atomic E-state index is 0.0305. The van der Waals surface area contributed by atoms with Gasteiger partial charge in [0.25, 0.3) is 0 Å². The van der Waals surface area contributed by atoms with Gasteiger partial charge in [-0.15, -0.1) is 0 Å². The SMILES string of the molecule is CCC1C2[C@H](O)OC([C@H]3NC3CO[Si](C)(C)C(C)(C)C)N12. The zero-order valence-electron chi connectivity index (χ0n) is 14.1. The summed E-state index contributed by atoms with van der Waals surface area (Å²) in [6.07, 6.45) is 0.506. The van der Waals surface area contributed by atoms with Crippen molar-refractivity contribution in [2.75, 3.05) is 6.61 Å². The molecular weight excluding hydrogens is 284 g/mol. The van der Waals surface area contributed by atoms with Crippen LogP contribution in [-0.4, -0.2) is 61.6 Å². The summed E-state index contributed by atoms with van der Waals surface area (Å²) in [5, 5.41) is 13.6. The maximum Gasteiger partial charge on any atom is 0.192 e. The van der Waals surface area contributed by atoms with E-state index in [1.165, 1.54) is 0 Å². The molecule has 5 unspecified atom stereocenters. The first-order valence-corrected chi connectivity index (χ1v) is 11.1. The lowest BCUT2D eigenvalue weighted by atomic mass is 10.2. The number of aliphatic hydroxyl groups excluding tert-OH is 1. The highest BCUT2D eigenvalue weighted by molar-refractivity contribution is 6.74. The number of nitrogens with zero attached hydrogens (tertiary/aromatic N) is 1. The van der Waals surface area contributed by atoms with Crippen LogP contribution in [0.15, 0.2) is 0 Å². The Morgan fingerprint density at radius 3 is 2.52 bits per heavy atom. The van der Waals surface area contributed by atoms with Crippen molar-refractivity contribution < 1.29 is 14.3 Å². The van der Waals surface area contributed by atoms with Crippen molar-refractivity contribution in [1.82, 2.24) is 10.2 Å². The molecule has 3 saturated heterocycles. The van der Waals surface area contributed by atoms with E-state index < -0.39 is 14.6 Å². The molecule has 3 rings (SSSR count). The second kappa shape index (κ2) is 5.01. The Kier molecular flexibility index (Phi) is 3.79. The molecule has 3 aliphatic heterocycles. The van der Waals surface area contributed by atoms with E-state index in [0.717, 1.165) is 13.0 Å². The standard InChI is InChI=1S/C15H30N2O3Si/c1-7-10-12-14(18)20-13(17(10)12)11-9(16-11)8-19-21(5,6)15(2,3)4/h9-14,16,18H,7-8H2,1-6H3/t9?,10?,11-,12?,13?,14+,17?/m0/s1. The molecule has 7 atom stereocenters. The third-order valence-electron chi connectivity index (χ3n) is 5.78. The first-order chi connectivity index (χ1) is 9.67. The van der Waals surface area contributed by atoms with Crippen molar-refractivity contribution in [2.45, 2.75) is 88.9 Å². The van der Waals surface area contributed by atoms with Gasteiger partial charge in [-0.2, -0.15) is 0 Å². The molecule has 0 spiro atoms. The van der Waals surface area contributed by atoms with Gasteiger partial charge in [0.05, 0.1) is 18.7 Å². The topological polar surface area (TPSA) is 63.6 Å². The van der Waals surface area contributed by atoms with Crippen LogP contribution in [0.1, 0.15) is 34.1 Å². The molecule has 0 bridgehead atoms. The van der Waals surface area contributed by atoms with Crippen molar-refractivity contribution in [1.29, 1.82) is 0 Å². The first kappa shape index (κ1) is 15.9. The Balaban J connectivity index is 1.50. The quantitative estimate of drug-likeness (QED) is 0.594. The Bertz CT molecular complexity index is 412. The predicted octanol–water partition coefficient (Wildman–Crippen LogP) is 1.49. The van der Waals surface area contributed by atoms with Crippen LogP contribution >= 0.6 is 0 Å². The van der Waals surface area contributed by atoms with E-state index in [1.807, 2.05) is 0 Å². The summed E-state index contributed by atoms with van der Waals surface area (Å²) in [5.41, 5.74) is 0. The molecule has 5 nitrogen and oxygen atoms in total. The van der Waals surface area contributed by atoms with E-state index in [2.05, 4.69) is 51.0 Å². The van der Waals surface area contributed by atoms with Gasteiger partial charge in [-0.05, 0) is 24.6 Å². The van der Waals surface area contributed by atoms with E-state index in [0.29, 0.717) is 18.1 Å². The molecule has 21 heavy (non-hydrogen) atoms. The van der Waals surface area contributed by atoms with Crippen molar-refractivity contribution in [3.05, 3.63) is 0 Å². The molecular formula is C15H30N2O3Si. The van der Waals surface area contributed by atoms with E-state index in [4.69, 9.17) is 9.16 Å². The van der Waals surface area contributed by atoms with Gasteiger partial charge in [-0.25, -0.2) is 0 Å². The van der Waals surface area contributed by atoms with E-state index in [1.54, 1.807) is 0 Å². The molecule has 0 aromatic heterocycles. The lowest BCUT2D eigenvalue weighted by molar-refractivity contribution is -0.118. The van der Waals surface area contributed by atoms with Crippen LogP contribution in [0, 0.1) is 0 Å². The van der Waals surface area contributed by atoms with Crippen LogP contribution in [0.5, 0.6) is 0 Å². The Hall–Kier alpha value is 0.0169. The van der Waals surface area contributed by atoms with E-state index in [9.17, 15) is 5.11 Å². The molecule has 6 heteroatoms. The molecule has 0 amide bonds. The summed E-state index contributed by atoms with van der Waals surface area (Å²) in [6.45, 7) is 14.3. The average molecular weight is 315 g/mol. The number of hydrogen-bond donors (Lipinski definition) is 2. The van der Waals surface area contributed by atoms with Gasteiger partial charge in [-0.1, -0.05) is 27.7 Å². The van der Waals surface area contributed by atoms with Crippen molar-refractivity contribution in [2.24, 2.45) is 0 Å². The summed E-state index contributed by atoms with van der Waals surface area (Å²) >= 11 is 0. The van der Waals surface area contributed by atoms with Crippen molar-refractivity contribution >= 4 is 8.32 Å². The maximum atomic E-state index is 9.92. The number of hydrogen-bond acceptors (Lipinski definition) is 5. The predicted molar refractivity (Wildman–Crippen MR) is 84.4 cm³/mol. The van der Waals surface area contributed by atoms with E-state index >= 15 is 0 Å². The van der Waals surface area contributed by atoms with Gasteiger partial charge >= 0.3 is 0 Å². The van der Waals surface area contributed by atoms with Gasteiger partial charge in [-0.3, -0.25) is 4.90 Å². The third-order valence-corrected chi connectivity index (χ3v) is 10.3. The molecule has 0 aromatic rings. The molecule has 0 aromatic carbocycles. The zero-order valence-corrected chi connectivity index (χ0v) is 15.1. The molecule has 3 fully saturated rings. The van der Waals surface area contributed by atoms with Gasteiger partial charge in [0.2, 0.25) is 0 Å². The first-order valence-electron chi connectivity index (χ1n) is 8.18. The Labute approximate surface area is 129 Å². The highest BCUT2D eigenvalue weighted by Gasteiger charge is 2.65. The molecule has 0 aliphatic carbocycles. The van der Waals surface area contributed by atoms with Crippen LogP contribution < -0.4 is 5.32 Å². The largest absolute Gasteiger partial charge is 0.415 e. The lowest BCUT2D eigenvalue weighted by Gasteiger charge is -2.36. The lowest BCUT2D eigenvalue weighted by Crippen LogP contribution is -2.42. The Morgan fingerprint density at radius 1 is 1.33 bits per heavy atom.